The summed E-state index contributed by atoms with van der Waals surface area (Å²) in [6.45, 7) is 1.24. The van der Waals surface area contributed by atoms with Crippen molar-refractivity contribution in [2.45, 2.75) is 6.92 Å². The molecule has 0 aliphatic rings. The van der Waals surface area contributed by atoms with Gasteiger partial charge < -0.3 is 4.74 Å². The molecule has 22 heavy (non-hydrogen) atoms. The predicted molar refractivity (Wildman–Crippen MR) is 83.8 cm³/mol. The lowest BCUT2D eigenvalue weighted by molar-refractivity contribution is -0.132. The molecule has 110 valence electrons. The molecule has 0 unspecified atom stereocenters. The number of ether oxygens (including phenoxy) is 1. The third kappa shape index (κ3) is 2.79. The van der Waals surface area contributed by atoms with E-state index in [1.807, 2.05) is 30.3 Å². The lowest BCUT2D eigenvalue weighted by atomic mass is 10.2. The second kappa shape index (κ2) is 5.90. The van der Waals surface area contributed by atoms with E-state index in [2.05, 4.69) is 10.1 Å². The van der Waals surface area contributed by atoms with E-state index in [4.69, 9.17) is 4.74 Å². The number of carbonyl (C=O) groups is 1. The van der Waals surface area contributed by atoms with Crippen LogP contribution in [-0.2, 0) is 4.79 Å². The zero-order valence-electron chi connectivity index (χ0n) is 11.6. The third-order valence-electron chi connectivity index (χ3n) is 2.82. The van der Waals surface area contributed by atoms with E-state index in [0.29, 0.717) is 10.7 Å². The molecule has 0 saturated heterocycles. The summed E-state index contributed by atoms with van der Waals surface area (Å²) < 4.78 is 6.13. The summed E-state index contributed by atoms with van der Waals surface area (Å²) in [5.74, 6) is -0.702. The van der Waals surface area contributed by atoms with Crippen LogP contribution in [0, 0.1) is 0 Å². The van der Waals surface area contributed by atoms with Crippen molar-refractivity contribution < 1.29 is 9.53 Å². The lowest BCUT2D eigenvalue weighted by Crippen LogP contribution is -2.21. The van der Waals surface area contributed by atoms with E-state index >= 15 is 0 Å². The van der Waals surface area contributed by atoms with Crippen molar-refractivity contribution in [3.8, 4) is 5.75 Å². The molecule has 0 radical (unpaired) electrons. The van der Waals surface area contributed by atoms with Crippen LogP contribution in [0.1, 0.15) is 18.2 Å². The van der Waals surface area contributed by atoms with Crippen LogP contribution in [0.4, 0.5) is 0 Å². The first-order valence-electron chi connectivity index (χ1n) is 6.43. The van der Waals surface area contributed by atoms with Crippen molar-refractivity contribution in [3.63, 3.8) is 0 Å². The SMILES string of the molecule is CC(=O)Oc1c(/C=C/c2ccccc2)nc2scnn2c1=O. The normalized spacial score (nSPS) is 11.1. The van der Waals surface area contributed by atoms with Crippen molar-refractivity contribution in [1.29, 1.82) is 0 Å². The predicted octanol–water partition coefficient (Wildman–Crippen LogP) is 2.25. The Hall–Kier alpha value is -2.80. The quantitative estimate of drug-likeness (QED) is 0.693. The van der Waals surface area contributed by atoms with Gasteiger partial charge in [0.15, 0.2) is 0 Å². The number of fused-ring (bicyclic) bond motifs is 1. The third-order valence-corrected chi connectivity index (χ3v) is 3.49. The molecule has 0 bridgehead atoms. The minimum atomic E-state index is -0.580. The Morgan fingerprint density at radius 1 is 1.27 bits per heavy atom. The number of aromatic nitrogens is 3. The molecular weight excluding hydrogens is 302 g/mol. The summed E-state index contributed by atoms with van der Waals surface area (Å²) in [6, 6.07) is 9.55. The summed E-state index contributed by atoms with van der Waals surface area (Å²) >= 11 is 1.23. The van der Waals surface area contributed by atoms with Crippen molar-refractivity contribution in [1.82, 2.24) is 14.6 Å². The summed E-state index contributed by atoms with van der Waals surface area (Å²) in [6.07, 6.45) is 3.45. The first-order valence-corrected chi connectivity index (χ1v) is 7.31. The highest BCUT2D eigenvalue weighted by molar-refractivity contribution is 7.14. The van der Waals surface area contributed by atoms with Gasteiger partial charge in [-0.15, -0.1) is 0 Å². The molecule has 6 nitrogen and oxygen atoms in total. The largest absolute Gasteiger partial charge is 0.418 e. The monoisotopic (exact) mass is 313 g/mol. The summed E-state index contributed by atoms with van der Waals surface area (Å²) in [7, 11) is 0. The van der Waals surface area contributed by atoms with Crippen LogP contribution < -0.4 is 10.3 Å². The molecule has 0 atom stereocenters. The van der Waals surface area contributed by atoms with Gasteiger partial charge in [0.25, 0.3) is 0 Å². The van der Waals surface area contributed by atoms with E-state index in [1.54, 1.807) is 12.2 Å². The zero-order chi connectivity index (χ0) is 15.5. The molecule has 7 heteroatoms. The highest BCUT2D eigenvalue weighted by atomic mass is 32.1. The topological polar surface area (TPSA) is 73.6 Å². The van der Waals surface area contributed by atoms with Gasteiger partial charge in [0, 0.05) is 6.92 Å². The molecule has 0 amide bonds. The maximum Gasteiger partial charge on any atom is 0.318 e. The highest BCUT2D eigenvalue weighted by Crippen LogP contribution is 2.17. The molecule has 0 aliphatic carbocycles. The van der Waals surface area contributed by atoms with Crippen LogP contribution in [0.25, 0.3) is 17.1 Å². The molecule has 0 spiro atoms. The fraction of sp³-hybridized carbons (Fsp3) is 0.0667. The van der Waals surface area contributed by atoms with E-state index in [0.717, 1.165) is 10.1 Å². The van der Waals surface area contributed by atoms with Gasteiger partial charge in [0.2, 0.25) is 10.7 Å². The average Bonchev–Trinajstić information content (AvgIpc) is 2.98. The number of hydrogen-bond donors (Lipinski definition) is 0. The molecule has 2 aromatic heterocycles. The molecule has 3 rings (SSSR count). The van der Waals surface area contributed by atoms with Gasteiger partial charge in [-0.2, -0.15) is 9.61 Å². The molecule has 0 saturated carbocycles. The van der Waals surface area contributed by atoms with Gasteiger partial charge in [-0.25, -0.2) is 4.98 Å². The smallest absolute Gasteiger partial charge is 0.318 e. The standard InChI is InChI=1S/C15H11N3O3S/c1-10(19)21-13-12(8-7-11-5-3-2-4-6-11)17-15-18(14(13)20)16-9-22-15/h2-9H,1H3/b8-7+. The minimum Gasteiger partial charge on any atom is -0.418 e. The van der Waals surface area contributed by atoms with Gasteiger partial charge in [-0.1, -0.05) is 47.7 Å². The van der Waals surface area contributed by atoms with E-state index in [1.165, 1.54) is 23.8 Å². The van der Waals surface area contributed by atoms with Crippen molar-refractivity contribution in [3.05, 3.63) is 57.5 Å². The summed E-state index contributed by atoms with van der Waals surface area (Å²) in [4.78, 5) is 28.3. The number of hydrogen-bond acceptors (Lipinski definition) is 6. The van der Waals surface area contributed by atoms with Crippen LogP contribution in [0.15, 0.2) is 40.6 Å². The first kappa shape index (κ1) is 14.2. The van der Waals surface area contributed by atoms with Crippen molar-refractivity contribution in [2.75, 3.05) is 0 Å². The van der Waals surface area contributed by atoms with E-state index in [9.17, 15) is 9.59 Å². The average molecular weight is 313 g/mol. The fourth-order valence-corrected chi connectivity index (χ4v) is 2.50. The molecular formula is C15H11N3O3S. The van der Waals surface area contributed by atoms with Gasteiger partial charge >= 0.3 is 11.5 Å². The maximum absolute atomic E-state index is 12.3. The lowest BCUT2D eigenvalue weighted by Gasteiger charge is -2.04. The first-order chi connectivity index (χ1) is 10.6. The summed E-state index contributed by atoms with van der Waals surface area (Å²) in [5, 5.41) is 3.89. The molecule has 0 N–H and O–H groups in total. The number of carbonyl (C=O) groups excluding carboxylic acids is 1. The Bertz CT molecular complexity index is 913. The number of nitrogens with zero attached hydrogens (tertiary/aromatic N) is 3. The number of esters is 1. The maximum atomic E-state index is 12.3. The van der Waals surface area contributed by atoms with Gasteiger partial charge in [-0.05, 0) is 11.6 Å². The van der Waals surface area contributed by atoms with Gasteiger partial charge in [0.05, 0.1) is 0 Å². The molecule has 0 fully saturated rings. The Labute approximate surface area is 129 Å². The molecule has 2 heterocycles. The van der Waals surface area contributed by atoms with E-state index < -0.39 is 11.5 Å². The zero-order valence-corrected chi connectivity index (χ0v) is 12.4. The number of benzene rings is 1. The van der Waals surface area contributed by atoms with Crippen LogP contribution in [-0.4, -0.2) is 20.6 Å². The second-order valence-electron chi connectivity index (χ2n) is 4.40. The Kier molecular flexibility index (Phi) is 3.80. The Morgan fingerprint density at radius 2 is 2.05 bits per heavy atom. The Balaban J connectivity index is 2.12. The van der Waals surface area contributed by atoms with Crippen molar-refractivity contribution >= 4 is 34.4 Å². The number of rotatable bonds is 3. The highest BCUT2D eigenvalue weighted by Gasteiger charge is 2.15. The van der Waals surface area contributed by atoms with Gasteiger partial charge in [-0.3, -0.25) is 9.59 Å². The van der Waals surface area contributed by atoms with Gasteiger partial charge in [0.1, 0.15) is 11.2 Å². The van der Waals surface area contributed by atoms with Crippen LogP contribution in [0.3, 0.4) is 0 Å². The minimum absolute atomic E-state index is 0.122. The van der Waals surface area contributed by atoms with E-state index in [-0.39, 0.29) is 5.75 Å². The summed E-state index contributed by atoms with van der Waals surface area (Å²) in [5.41, 5.74) is 2.25. The van der Waals surface area contributed by atoms with Crippen LogP contribution in [0.2, 0.25) is 0 Å². The second-order valence-corrected chi connectivity index (χ2v) is 5.21. The Morgan fingerprint density at radius 3 is 2.77 bits per heavy atom. The van der Waals surface area contributed by atoms with Crippen LogP contribution >= 0.6 is 11.3 Å². The van der Waals surface area contributed by atoms with Crippen LogP contribution in [0.5, 0.6) is 5.75 Å². The molecule has 1 aromatic carbocycles. The molecule has 0 aliphatic heterocycles. The molecule has 3 aromatic rings. The van der Waals surface area contributed by atoms with Crippen molar-refractivity contribution in [2.24, 2.45) is 0 Å². The fourth-order valence-electron chi connectivity index (χ4n) is 1.88.